The highest BCUT2D eigenvalue weighted by Crippen LogP contribution is 2.39. The molecule has 0 amide bonds. The number of hydrogen-bond donors (Lipinski definition) is 0. The Morgan fingerprint density at radius 2 is 1.74 bits per heavy atom. The summed E-state index contributed by atoms with van der Waals surface area (Å²) >= 11 is 0. The minimum atomic E-state index is 0.0283. The van der Waals surface area contributed by atoms with E-state index in [1.165, 1.54) is 16.3 Å². The van der Waals surface area contributed by atoms with Crippen LogP contribution in [-0.2, 0) is 11.8 Å². The molecule has 3 heterocycles. The Hall–Kier alpha value is -3.33. The second kappa shape index (κ2) is 6.34. The molecule has 0 unspecified atom stereocenters. The van der Waals surface area contributed by atoms with Crippen molar-refractivity contribution < 1.29 is 8.83 Å². The highest BCUT2D eigenvalue weighted by Gasteiger charge is 2.27. The maximum atomic E-state index is 6.34. The molecule has 5 aromatic rings. The summed E-state index contributed by atoms with van der Waals surface area (Å²) in [5.74, 6) is 1.03. The van der Waals surface area contributed by atoms with Gasteiger partial charge < -0.3 is 8.83 Å². The molecule has 0 saturated heterocycles. The van der Waals surface area contributed by atoms with Gasteiger partial charge in [-0.05, 0) is 58.5 Å². The van der Waals surface area contributed by atoms with Gasteiger partial charge in [0.05, 0.1) is 17.5 Å². The molecule has 3 nitrogen and oxygen atoms in total. The second-order valence-corrected chi connectivity index (χ2v) is 9.61. The van der Waals surface area contributed by atoms with E-state index >= 15 is 0 Å². The Bertz CT molecular complexity index is 1520. The van der Waals surface area contributed by atoms with Gasteiger partial charge in [-0.3, -0.25) is 4.99 Å². The molecule has 0 N–H and O–H groups in total. The molecule has 0 bridgehead atoms. The number of benzene rings is 3. The molecule has 6 rings (SSSR count). The summed E-state index contributed by atoms with van der Waals surface area (Å²) in [5.41, 5.74) is 7.62. The van der Waals surface area contributed by atoms with Gasteiger partial charge in [0.15, 0.2) is 0 Å². The molecule has 0 radical (unpaired) electrons. The van der Waals surface area contributed by atoms with E-state index in [9.17, 15) is 0 Å². The SMILES string of the molecule is Cc1coc2ccc3oc4c(c3c12)C(c1cc(C(C)(C)C)c2ccccc2c1)=NCC4. The predicted octanol–water partition coefficient (Wildman–Crippen LogP) is 7.33. The van der Waals surface area contributed by atoms with Crippen molar-refractivity contribution >= 4 is 38.4 Å². The van der Waals surface area contributed by atoms with E-state index in [-0.39, 0.29) is 5.41 Å². The molecule has 0 fully saturated rings. The van der Waals surface area contributed by atoms with Crippen molar-refractivity contribution in [1.82, 2.24) is 0 Å². The van der Waals surface area contributed by atoms with Crippen molar-refractivity contribution in [3.05, 3.63) is 82.8 Å². The van der Waals surface area contributed by atoms with E-state index in [1.54, 1.807) is 0 Å². The molecule has 2 aromatic heterocycles. The minimum absolute atomic E-state index is 0.0283. The fourth-order valence-electron chi connectivity index (χ4n) is 5.00. The van der Waals surface area contributed by atoms with Crippen LogP contribution in [0.4, 0.5) is 0 Å². The lowest BCUT2D eigenvalue weighted by molar-refractivity contribution is 0.546. The van der Waals surface area contributed by atoms with Gasteiger partial charge in [-0.15, -0.1) is 0 Å². The van der Waals surface area contributed by atoms with E-state index < -0.39 is 0 Å². The highest BCUT2D eigenvalue weighted by atomic mass is 16.3. The third-order valence-electron chi connectivity index (χ3n) is 6.44. The number of aliphatic imine (C=N–C) groups is 1. The lowest BCUT2D eigenvalue weighted by Gasteiger charge is -2.23. The molecule has 31 heavy (non-hydrogen) atoms. The van der Waals surface area contributed by atoms with Crippen LogP contribution >= 0.6 is 0 Å². The molecule has 1 aliphatic heterocycles. The minimum Gasteiger partial charge on any atom is -0.464 e. The number of nitrogens with zero attached hydrogens (tertiary/aromatic N) is 1. The number of aryl methyl sites for hydroxylation is 1. The first kappa shape index (κ1) is 18.4. The first-order valence-corrected chi connectivity index (χ1v) is 10.9. The Balaban J connectivity index is 1.68. The van der Waals surface area contributed by atoms with Crippen LogP contribution in [0.1, 0.15) is 48.8 Å². The zero-order chi connectivity index (χ0) is 21.3. The highest BCUT2D eigenvalue weighted by molar-refractivity contribution is 6.25. The first-order chi connectivity index (χ1) is 14.9. The molecule has 0 aliphatic carbocycles. The summed E-state index contributed by atoms with van der Waals surface area (Å²) < 4.78 is 12.1. The average Bonchev–Trinajstić information content (AvgIpc) is 3.32. The van der Waals surface area contributed by atoms with Crippen LogP contribution < -0.4 is 0 Å². The van der Waals surface area contributed by atoms with Crippen LogP contribution in [0, 0.1) is 6.92 Å². The van der Waals surface area contributed by atoms with E-state index in [4.69, 9.17) is 13.8 Å². The molecule has 1 aliphatic rings. The quantitative estimate of drug-likeness (QED) is 0.292. The summed E-state index contributed by atoms with van der Waals surface area (Å²) in [7, 11) is 0. The van der Waals surface area contributed by atoms with Crippen molar-refractivity contribution in [2.24, 2.45) is 4.99 Å². The molecule has 3 aromatic carbocycles. The Morgan fingerprint density at radius 1 is 0.935 bits per heavy atom. The molecule has 0 spiro atoms. The molecular weight excluding hydrogens is 382 g/mol. The van der Waals surface area contributed by atoms with Gasteiger partial charge in [0, 0.05) is 29.3 Å². The standard InChI is InChI=1S/C28H25NO2/c1-16-15-30-21-9-10-22-25(24(16)21)26-23(31-22)11-12-29-27(26)18-13-17-7-5-6-8-19(17)20(14-18)28(2,3)4/h5-10,13-15H,11-12H2,1-4H3. The summed E-state index contributed by atoms with van der Waals surface area (Å²) in [4.78, 5) is 5.04. The van der Waals surface area contributed by atoms with Crippen LogP contribution in [0.25, 0.3) is 32.7 Å². The van der Waals surface area contributed by atoms with Gasteiger partial charge in [0.25, 0.3) is 0 Å². The molecule has 0 atom stereocenters. The Labute approximate surface area is 181 Å². The van der Waals surface area contributed by atoms with Crippen molar-refractivity contribution in [3.8, 4) is 0 Å². The van der Waals surface area contributed by atoms with E-state index in [0.29, 0.717) is 0 Å². The van der Waals surface area contributed by atoms with E-state index in [1.807, 2.05) is 18.4 Å². The van der Waals surface area contributed by atoms with Crippen LogP contribution in [0.2, 0.25) is 0 Å². The maximum absolute atomic E-state index is 6.34. The third kappa shape index (κ3) is 2.69. The lowest BCUT2D eigenvalue weighted by atomic mass is 9.81. The fourth-order valence-corrected chi connectivity index (χ4v) is 5.00. The summed E-state index contributed by atoms with van der Waals surface area (Å²) in [6.45, 7) is 9.67. The summed E-state index contributed by atoms with van der Waals surface area (Å²) in [6, 6.07) is 17.3. The Morgan fingerprint density at radius 3 is 2.58 bits per heavy atom. The smallest absolute Gasteiger partial charge is 0.135 e. The topological polar surface area (TPSA) is 38.6 Å². The van der Waals surface area contributed by atoms with Crippen molar-refractivity contribution in [1.29, 1.82) is 0 Å². The normalized spacial score (nSPS) is 14.4. The largest absolute Gasteiger partial charge is 0.464 e. The number of fused-ring (bicyclic) bond motifs is 6. The zero-order valence-electron chi connectivity index (χ0n) is 18.4. The van der Waals surface area contributed by atoms with Gasteiger partial charge in [0.1, 0.15) is 16.9 Å². The Kier molecular flexibility index (Phi) is 3.77. The second-order valence-electron chi connectivity index (χ2n) is 9.61. The molecule has 154 valence electrons. The molecular formula is C28H25NO2. The van der Waals surface area contributed by atoms with Gasteiger partial charge >= 0.3 is 0 Å². The zero-order valence-corrected chi connectivity index (χ0v) is 18.4. The lowest BCUT2D eigenvalue weighted by Crippen LogP contribution is -2.16. The predicted molar refractivity (Wildman–Crippen MR) is 128 cm³/mol. The van der Waals surface area contributed by atoms with Gasteiger partial charge in [-0.1, -0.05) is 45.0 Å². The van der Waals surface area contributed by atoms with Crippen molar-refractivity contribution in [2.45, 2.75) is 39.5 Å². The number of furan rings is 2. The summed E-state index contributed by atoms with van der Waals surface area (Å²) in [6.07, 6.45) is 2.66. The summed E-state index contributed by atoms with van der Waals surface area (Å²) in [5, 5.41) is 4.81. The average molecular weight is 408 g/mol. The number of hydrogen-bond acceptors (Lipinski definition) is 3. The van der Waals surface area contributed by atoms with Crippen molar-refractivity contribution in [2.75, 3.05) is 6.54 Å². The first-order valence-electron chi connectivity index (χ1n) is 10.9. The number of rotatable bonds is 1. The van der Waals surface area contributed by atoms with Gasteiger partial charge in [-0.2, -0.15) is 0 Å². The van der Waals surface area contributed by atoms with Crippen LogP contribution in [0.3, 0.4) is 0 Å². The monoisotopic (exact) mass is 407 g/mol. The van der Waals surface area contributed by atoms with E-state index in [2.05, 4.69) is 64.1 Å². The van der Waals surface area contributed by atoms with Crippen molar-refractivity contribution in [3.63, 3.8) is 0 Å². The molecule has 0 saturated carbocycles. The van der Waals surface area contributed by atoms with Gasteiger partial charge in [-0.25, -0.2) is 0 Å². The van der Waals surface area contributed by atoms with Crippen LogP contribution in [-0.4, -0.2) is 12.3 Å². The maximum Gasteiger partial charge on any atom is 0.135 e. The fraction of sp³-hybridized carbons (Fsp3) is 0.250. The van der Waals surface area contributed by atoms with Gasteiger partial charge in [0.2, 0.25) is 0 Å². The van der Waals surface area contributed by atoms with E-state index in [0.717, 1.165) is 63.1 Å². The molecule has 3 heteroatoms. The third-order valence-corrected chi connectivity index (χ3v) is 6.44. The van der Waals surface area contributed by atoms with Crippen LogP contribution in [0.15, 0.2) is 68.6 Å². The van der Waals surface area contributed by atoms with Crippen LogP contribution in [0.5, 0.6) is 0 Å².